The predicted octanol–water partition coefficient (Wildman–Crippen LogP) is 5.98. The summed E-state index contributed by atoms with van der Waals surface area (Å²) in [6.45, 7) is 2.25. The van der Waals surface area contributed by atoms with Crippen LogP contribution in [0.4, 0.5) is 0 Å². The maximum absolute atomic E-state index is 12.5. The van der Waals surface area contributed by atoms with E-state index in [1.54, 1.807) is 0 Å². The van der Waals surface area contributed by atoms with Gasteiger partial charge in [-0.15, -0.1) is 0 Å². The molecule has 2 heteroatoms. The number of rotatable bonds is 8. The Labute approximate surface area is 141 Å². The largest absolute Gasteiger partial charge is 0.289 e. The van der Waals surface area contributed by atoms with E-state index < -0.39 is 0 Å². The van der Waals surface area contributed by atoms with Gasteiger partial charge in [0, 0.05) is 16.5 Å². The average molecular weight is 359 g/mol. The summed E-state index contributed by atoms with van der Waals surface area (Å²) in [7, 11) is 0. The number of unbranched alkanes of at least 4 members (excludes halogenated alkanes) is 2. The van der Waals surface area contributed by atoms with Crippen LogP contribution in [0.2, 0.25) is 0 Å². The molecule has 116 valence electrons. The molecular weight excluding hydrogens is 336 g/mol. The van der Waals surface area contributed by atoms with Crippen molar-refractivity contribution in [1.82, 2.24) is 0 Å². The second-order valence-electron chi connectivity index (χ2n) is 5.76. The number of ketones is 1. The standard InChI is InChI=1S/C20H23BrO/c1-16(9-4-3-7-14-21)18-12-8-13-19(15-18)20(22)17-10-5-2-6-11-17/h2,5-6,8,10-13,15-16H,3-4,7,9,14H2,1H3. The molecule has 1 atom stereocenters. The van der Waals surface area contributed by atoms with Gasteiger partial charge in [0.1, 0.15) is 0 Å². The van der Waals surface area contributed by atoms with Crippen molar-refractivity contribution in [2.75, 3.05) is 5.33 Å². The lowest BCUT2D eigenvalue weighted by molar-refractivity contribution is 0.103. The van der Waals surface area contributed by atoms with Gasteiger partial charge in [0.15, 0.2) is 5.78 Å². The SMILES string of the molecule is CC(CCCCCBr)c1cccc(C(=O)c2ccccc2)c1. The molecule has 1 unspecified atom stereocenters. The molecule has 0 aliphatic heterocycles. The van der Waals surface area contributed by atoms with Crippen molar-refractivity contribution in [3.8, 4) is 0 Å². The van der Waals surface area contributed by atoms with Gasteiger partial charge in [-0.2, -0.15) is 0 Å². The smallest absolute Gasteiger partial charge is 0.193 e. The summed E-state index contributed by atoms with van der Waals surface area (Å²) in [6.07, 6.45) is 4.91. The highest BCUT2D eigenvalue weighted by atomic mass is 79.9. The lowest BCUT2D eigenvalue weighted by Gasteiger charge is -2.13. The first-order valence-corrected chi connectivity index (χ1v) is 9.10. The number of benzene rings is 2. The fourth-order valence-corrected chi connectivity index (χ4v) is 3.03. The summed E-state index contributed by atoms with van der Waals surface area (Å²) in [5, 5.41) is 1.09. The van der Waals surface area contributed by atoms with E-state index in [-0.39, 0.29) is 5.78 Å². The van der Waals surface area contributed by atoms with E-state index in [1.807, 2.05) is 42.5 Å². The Morgan fingerprint density at radius 2 is 1.68 bits per heavy atom. The Balaban J connectivity index is 2.05. The molecule has 0 N–H and O–H groups in total. The quantitative estimate of drug-likeness (QED) is 0.322. The highest BCUT2D eigenvalue weighted by Gasteiger charge is 2.11. The molecule has 2 aromatic carbocycles. The first-order chi connectivity index (χ1) is 10.7. The van der Waals surface area contributed by atoms with Gasteiger partial charge >= 0.3 is 0 Å². The van der Waals surface area contributed by atoms with Crippen LogP contribution >= 0.6 is 15.9 Å². The first kappa shape index (κ1) is 17.0. The summed E-state index contributed by atoms with van der Waals surface area (Å²) in [4.78, 5) is 12.5. The molecular formula is C20H23BrO. The summed E-state index contributed by atoms with van der Waals surface area (Å²) >= 11 is 3.47. The van der Waals surface area contributed by atoms with Crippen molar-refractivity contribution in [2.24, 2.45) is 0 Å². The fraction of sp³-hybridized carbons (Fsp3) is 0.350. The molecule has 0 spiro atoms. The van der Waals surface area contributed by atoms with Gasteiger partial charge in [-0.1, -0.05) is 84.2 Å². The molecule has 0 aliphatic rings. The Bertz CT molecular complexity index is 592. The van der Waals surface area contributed by atoms with Crippen LogP contribution < -0.4 is 0 Å². The lowest BCUT2D eigenvalue weighted by atomic mass is 9.92. The third-order valence-corrected chi connectivity index (χ3v) is 4.59. The first-order valence-electron chi connectivity index (χ1n) is 7.98. The summed E-state index contributed by atoms with van der Waals surface area (Å²) in [5.41, 5.74) is 2.81. The van der Waals surface area contributed by atoms with Crippen LogP contribution in [-0.4, -0.2) is 11.1 Å². The monoisotopic (exact) mass is 358 g/mol. The van der Waals surface area contributed by atoms with E-state index in [1.165, 1.54) is 31.2 Å². The van der Waals surface area contributed by atoms with E-state index in [0.717, 1.165) is 16.5 Å². The zero-order valence-corrected chi connectivity index (χ0v) is 14.7. The van der Waals surface area contributed by atoms with Crippen LogP contribution in [0, 0.1) is 0 Å². The van der Waals surface area contributed by atoms with Crippen LogP contribution in [0.3, 0.4) is 0 Å². The van der Waals surface area contributed by atoms with E-state index in [4.69, 9.17) is 0 Å². The normalized spacial score (nSPS) is 12.1. The van der Waals surface area contributed by atoms with Gasteiger partial charge in [-0.25, -0.2) is 0 Å². The Morgan fingerprint density at radius 3 is 2.41 bits per heavy atom. The van der Waals surface area contributed by atoms with Gasteiger partial charge in [0.2, 0.25) is 0 Å². The van der Waals surface area contributed by atoms with Crippen molar-refractivity contribution in [1.29, 1.82) is 0 Å². The Kier molecular flexibility index (Phi) is 6.85. The van der Waals surface area contributed by atoms with E-state index in [9.17, 15) is 4.79 Å². The minimum atomic E-state index is 0.105. The number of carbonyl (C=O) groups excluding carboxylic acids is 1. The van der Waals surface area contributed by atoms with Crippen molar-refractivity contribution in [2.45, 2.75) is 38.5 Å². The molecule has 0 amide bonds. The van der Waals surface area contributed by atoms with Gasteiger partial charge in [0.25, 0.3) is 0 Å². The predicted molar refractivity (Wildman–Crippen MR) is 97.0 cm³/mol. The van der Waals surface area contributed by atoms with Crippen LogP contribution in [0.25, 0.3) is 0 Å². The number of hydrogen-bond donors (Lipinski definition) is 0. The number of alkyl halides is 1. The average Bonchev–Trinajstić information content (AvgIpc) is 2.59. The lowest BCUT2D eigenvalue weighted by Crippen LogP contribution is -2.03. The highest BCUT2D eigenvalue weighted by Crippen LogP contribution is 2.23. The van der Waals surface area contributed by atoms with Crippen molar-refractivity contribution in [3.05, 3.63) is 71.3 Å². The molecule has 22 heavy (non-hydrogen) atoms. The molecule has 0 fully saturated rings. The third-order valence-electron chi connectivity index (χ3n) is 4.02. The van der Waals surface area contributed by atoms with Gasteiger partial charge in [-0.3, -0.25) is 4.79 Å². The summed E-state index contributed by atoms with van der Waals surface area (Å²) in [6, 6.07) is 17.6. The second kappa shape index (κ2) is 8.89. The minimum absolute atomic E-state index is 0.105. The molecule has 0 aliphatic carbocycles. The molecule has 2 rings (SSSR count). The number of hydrogen-bond acceptors (Lipinski definition) is 1. The topological polar surface area (TPSA) is 17.1 Å². The van der Waals surface area contributed by atoms with Crippen molar-refractivity contribution in [3.63, 3.8) is 0 Å². The molecule has 0 bridgehead atoms. The van der Waals surface area contributed by atoms with Gasteiger partial charge in [-0.05, 0) is 30.4 Å². The molecule has 0 saturated heterocycles. The van der Waals surface area contributed by atoms with Crippen LogP contribution in [-0.2, 0) is 0 Å². The number of carbonyl (C=O) groups is 1. The van der Waals surface area contributed by atoms with Crippen molar-refractivity contribution >= 4 is 21.7 Å². The van der Waals surface area contributed by atoms with E-state index in [2.05, 4.69) is 35.0 Å². The molecule has 0 aromatic heterocycles. The van der Waals surface area contributed by atoms with Gasteiger partial charge < -0.3 is 0 Å². The highest BCUT2D eigenvalue weighted by molar-refractivity contribution is 9.09. The van der Waals surface area contributed by atoms with Crippen LogP contribution in [0.1, 0.15) is 60.0 Å². The zero-order chi connectivity index (χ0) is 15.8. The third kappa shape index (κ3) is 4.81. The molecule has 0 radical (unpaired) electrons. The van der Waals surface area contributed by atoms with E-state index in [0.29, 0.717) is 5.92 Å². The summed E-state index contributed by atoms with van der Waals surface area (Å²) in [5.74, 6) is 0.604. The van der Waals surface area contributed by atoms with E-state index >= 15 is 0 Å². The van der Waals surface area contributed by atoms with Gasteiger partial charge in [0.05, 0.1) is 0 Å². The molecule has 0 heterocycles. The van der Waals surface area contributed by atoms with Crippen molar-refractivity contribution < 1.29 is 4.79 Å². The zero-order valence-electron chi connectivity index (χ0n) is 13.1. The number of halogens is 1. The van der Waals surface area contributed by atoms with Crippen LogP contribution in [0.5, 0.6) is 0 Å². The van der Waals surface area contributed by atoms with Crippen LogP contribution in [0.15, 0.2) is 54.6 Å². The Hall–Kier alpha value is -1.41. The Morgan fingerprint density at radius 1 is 0.955 bits per heavy atom. The fourth-order valence-electron chi connectivity index (χ4n) is 2.63. The molecule has 0 saturated carbocycles. The summed E-state index contributed by atoms with van der Waals surface area (Å²) < 4.78 is 0. The molecule has 2 aromatic rings. The maximum Gasteiger partial charge on any atom is 0.193 e. The second-order valence-corrected chi connectivity index (χ2v) is 6.55. The minimum Gasteiger partial charge on any atom is -0.289 e. The maximum atomic E-state index is 12.5. The molecule has 1 nitrogen and oxygen atoms in total.